The standard InChI is InChI=1S/C15H17Cl2N3O/c1-21-15-5-3-10(16)6-9(15)7-14(20-19)12-4-2-11(17)8-13(12)18/h2-6,8,14,20H,7,18-19H2,1H3. The van der Waals surface area contributed by atoms with Crippen molar-refractivity contribution in [3.8, 4) is 5.75 Å². The van der Waals surface area contributed by atoms with Crippen molar-refractivity contribution in [2.75, 3.05) is 12.8 Å². The summed E-state index contributed by atoms with van der Waals surface area (Å²) in [6.45, 7) is 0. The van der Waals surface area contributed by atoms with Gasteiger partial charge in [-0.3, -0.25) is 11.3 Å². The number of nitrogen functional groups attached to an aromatic ring is 1. The Labute approximate surface area is 134 Å². The second-order valence-corrected chi connectivity index (χ2v) is 5.53. The first-order valence-electron chi connectivity index (χ1n) is 6.38. The second kappa shape index (κ2) is 7.00. The second-order valence-electron chi connectivity index (χ2n) is 4.65. The number of halogens is 2. The van der Waals surface area contributed by atoms with Gasteiger partial charge in [0.25, 0.3) is 0 Å². The Balaban J connectivity index is 2.33. The molecule has 112 valence electrons. The van der Waals surface area contributed by atoms with Gasteiger partial charge in [0.2, 0.25) is 0 Å². The fourth-order valence-electron chi connectivity index (χ4n) is 2.25. The van der Waals surface area contributed by atoms with Crippen molar-refractivity contribution in [2.45, 2.75) is 12.5 Å². The van der Waals surface area contributed by atoms with Gasteiger partial charge in [0.1, 0.15) is 5.75 Å². The van der Waals surface area contributed by atoms with Crippen molar-refractivity contribution < 1.29 is 4.74 Å². The van der Waals surface area contributed by atoms with E-state index in [1.54, 1.807) is 25.3 Å². The molecular weight excluding hydrogens is 309 g/mol. The minimum absolute atomic E-state index is 0.172. The number of hydrogen-bond donors (Lipinski definition) is 3. The predicted octanol–water partition coefficient (Wildman–Crippen LogP) is 3.33. The van der Waals surface area contributed by atoms with Gasteiger partial charge in [0, 0.05) is 15.7 Å². The van der Waals surface area contributed by atoms with Crippen molar-refractivity contribution in [1.29, 1.82) is 0 Å². The summed E-state index contributed by atoms with van der Waals surface area (Å²) in [5.74, 6) is 6.43. The van der Waals surface area contributed by atoms with Gasteiger partial charge in [-0.25, -0.2) is 0 Å². The zero-order chi connectivity index (χ0) is 15.4. The lowest BCUT2D eigenvalue weighted by molar-refractivity contribution is 0.405. The first kappa shape index (κ1) is 15.9. The molecule has 0 aliphatic heterocycles. The minimum atomic E-state index is -0.172. The smallest absolute Gasteiger partial charge is 0.122 e. The number of ether oxygens (including phenoxy) is 1. The van der Waals surface area contributed by atoms with E-state index in [2.05, 4.69) is 5.43 Å². The van der Waals surface area contributed by atoms with Crippen molar-refractivity contribution >= 4 is 28.9 Å². The highest BCUT2D eigenvalue weighted by Gasteiger charge is 2.16. The van der Waals surface area contributed by atoms with Crippen LogP contribution < -0.4 is 21.7 Å². The lowest BCUT2D eigenvalue weighted by atomic mass is 9.97. The highest BCUT2D eigenvalue weighted by Crippen LogP contribution is 2.30. The van der Waals surface area contributed by atoms with Crippen LogP contribution in [0.2, 0.25) is 10.0 Å². The fourth-order valence-corrected chi connectivity index (χ4v) is 2.62. The van der Waals surface area contributed by atoms with Crippen LogP contribution in [0.5, 0.6) is 5.75 Å². The Morgan fingerprint density at radius 2 is 1.81 bits per heavy atom. The summed E-state index contributed by atoms with van der Waals surface area (Å²) >= 11 is 12.0. The van der Waals surface area contributed by atoms with Crippen LogP contribution in [0.25, 0.3) is 0 Å². The Bertz CT molecular complexity index is 634. The third kappa shape index (κ3) is 3.80. The number of hydrazine groups is 1. The SMILES string of the molecule is COc1ccc(Cl)cc1CC(NN)c1ccc(Cl)cc1N. The molecule has 2 rings (SSSR count). The molecule has 0 aromatic heterocycles. The molecular formula is C15H17Cl2N3O. The van der Waals surface area contributed by atoms with Gasteiger partial charge in [-0.1, -0.05) is 29.3 Å². The predicted molar refractivity (Wildman–Crippen MR) is 87.6 cm³/mol. The number of anilines is 1. The van der Waals surface area contributed by atoms with E-state index >= 15 is 0 Å². The summed E-state index contributed by atoms with van der Waals surface area (Å²) in [7, 11) is 1.62. The zero-order valence-electron chi connectivity index (χ0n) is 11.6. The molecule has 2 aromatic carbocycles. The topological polar surface area (TPSA) is 73.3 Å². The summed E-state index contributed by atoms with van der Waals surface area (Å²) < 4.78 is 5.35. The summed E-state index contributed by atoms with van der Waals surface area (Å²) in [5, 5.41) is 1.23. The van der Waals surface area contributed by atoms with Crippen LogP contribution in [-0.2, 0) is 6.42 Å². The van der Waals surface area contributed by atoms with E-state index in [4.69, 9.17) is 39.5 Å². The summed E-state index contributed by atoms with van der Waals surface area (Å²) in [4.78, 5) is 0. The van der Waals surface area contributed by atoms with Gasteiger partial charge < -0.3 is 10.5 Å². The van der Waals surface area contributed by atoms with Crippen LogP contribution in [0, 0.1) is 0 Å². The molecule has 0 saturated carbocycles. The maximum atomic E-state index is 6.05. The van der Waals surface area contributed by atoms with Crippen molar-refractivity contribution in [3.63, 3.8) is 0 Å². The fraction of sp³-hybridized carbons (Fsp3) is 0.200. The quantitative estimate of drug-likeness (QED) is 0.448. The van der Waals surface area contributed by atoms with E-state index in [-0.39, 0.29) is 6.04 Å². The molecule has 0 amide bonds. The van der Waals surface area contributed by atoms with Crippen LogP contribution >= 0.6 is 23.2 Å². The Kier molecular flexibility index (Phi) is 5.31. The lowest BCUT2D eigenvalue weighted by Crippen LogP contribution is -2.30. The van der Waals surface area contributed by atoms with Crippen LogP contribution in [0.15, 0.2) is 36.4 Å². The average Bonchev–Trinajstić information content (AvgIpc) is 2.45. The molecule has 0 saturated heterocycles. The minimum Gasteiger partial charge on any atom is -0.496 e. The molecule has 21 heavy (non-hydrogen) atoms. The lowest BCUT2D eigenvalue weighted by Gasteiger charge is -2.20. The van der Waals surface area contributed by atoms with Gasteiger partial charge >= 0.3 is 0 Å². The molecule has 0 aliphatic carbocycles. The van der Waals surface area contributed by atoms with E-state index in [9.17, 15) is 0 Å². The summed E-state index contributed by atoms with van der Waals surface area (Å²) in [6, 6.07) is 10.6. The van der Waals surface area contributed by atoms with E-state index in [0.717, 1.165) is 16.9 Å². The first-order chi connectivity index (χ1) is 10.0. The van der Waals surface area contributed by atoms with Gasteiger partial charge in [0.15, 0.2) is 0 Å². The van der Waals surface area contributed by atoms with Crippen LogP contribution in [0.1, 0.15) is 17.2 Å². The van der Waals surface area contributed by atoms with E-state index in [0.29, 0.717) is 22.2 Å². The number of rotatable bonds is 5. The van der Waals surface area contributed by atoms with Crippen molar-refractivity contribution in [3.05, 3.63) is 57.6 Å². The van der Waals surface area contributed by atoms with Gasteiger partial charge in [0.05, 0.1) is 13.2 Å². The molecule has 1 atom stereocenters. The molecule has 0 bridgehead atoms. The molecule has 0 aliphatic rings. The van der Waals surface area contributed by atoms with Crippen LogP contribution in [-0.4, -0.2) is 7.11 Å². The molecule has 4 nitrogen and oxygen atoms in total. The third-order valence-corrected chi connectivity index (χ3v) is 3.76. The molecule has 0 spiro atoms. The van der Waals surface area contributed by atoms with Crippen LogP contribution in [0.3, 0.4) is 0 Å². The normalized spacial score (nSPS) is 12.2. The highest BCUT2D eigenvalue weighted by molar-refractivity contribution is 6.31. The molecule has 0 fully saturated rings. The van der Waals surface area contributed by atoms with E-state index in [1.807, 2.05) is 18.2 Å². The van der Waals surface area contributed by atoms with Crippen molar-refractivity contribution in [2.24, 2.45) is 5.84 Å². The maximum absolute atomic E-state index is 6.05. The number of nitrogens with one attached hydrogen (secondary N) is 1. The molecule has 2 aromatic rings. The molecule has 5 N–H and O–H groups in total. The largest absolute Gasteiger partial charge is 0.496 e. The number of nitrogens with two attached hydrogens (primary N) is 2. The monoisotopic (exact) mass is 325 g/mol. The summed E-state index contributed by atoms with van der Waals surface area (Å²) in [6.07, 6.45) is 0.589. The molecule has 0 radical (unpaired) electrons. The molecule has 0 heterocycles. The number of methoxy groups -OCH3 is 1. The van der Waals surface area contributed by atoms with E-state index < -0.39 is 0 Å². The number of hydrogen-bond acceptors (Lipinski definition) is 4. The highest BCUT2D eigenvalue weighted by atomic mass is 35.5. The van der Waals surface area contributed by atoms with Crippen molar-refractivity contribution in [1.82, 2.24) is 5.43 Å². The average molecular weight is 326 g/mol. The summed E-state index contributed by atoms with van der Waals surface area (Å²) in [5.41, 5.74) is 11.2. The van der Waals surface area contributed by atoms with Crippen LogP contribution in [0.4, 0.5) is 5.69 Å². The Morgan fingerprint density at radius 3 is 2.43 bits per heavy atom. The Hall–Kier alpha value is -1.46. The molecule has 1 unspecified atom stereocenters. The third-order valence-electron chi connectivity index (χ3n) is 3.29. The zero-order valence-corrected chi connectivity index (χ0v) is 13.1. The Morgan fingerprint density at radius 1 is 1.14 bits per heavy atom. The van der Waals surface area contributed by atoms with E-state index in [1.165, 1.54) is 0 Å². The van der Waals surface area contributed by atoms with Gasteiger partial charge in [-0.2, -0.15) is 0 Å². The van der Waals surface area contributed by atoms with Gasteiger partial charge in [-0.05, 0) is 47.9 Å². The first-order valence-corrected chi connectivity index (χ1v) is 7.14. The number of benzene rings is 2. The molecule has 6 heteroatoms. The maximum Gasteiger partial charge on any atom is 0.122 e. The van der Waals surface area contributed by atoms with Gasteiger partial charge in [-0.15, -0.1) is 0 Å².